The minimum Gasteiger partial charge on any atom is -0.488 e. The van der Waals surface area contributed by atoms with Gasteiger partial charge in [-0.3, -0.25) is 4.79 Å². The van der Waals surface area contributed by atoms with Crippen molar-refractivity contribution in [1.29, 1.82) is 0 Å². The average Bonchev–Trinajstić information content (AvgIpc) is 2.34. The fourth-order valence-corrected chi connectivity index (χ4v) is 1.28. The van der Waals surface area contributed by atoms with Crippen molar-refractivity contribution in [3.05, 3.63) is 28.2 Å². The SMILES string of the molecule is CCCOc1c[nH]c(COCCCN)cc1=O. The van der Waals surface area contributed by atoms with Gasteiger partial charge in [0.05, 0.1) is 13.2 Å². The first-order valence-corrected chi connectivity index (χ1v) is 5.90. The summed E-state index contributed by atoms with van der Waals surface area (Å²) >= 11 is 0. The third kappa shape index (κ3) is 5.01. The number of ether oxygens (including phenoxy) is 2. The number of hydrogen-bond acceptors (Lipinski definition) is 4. The van der Waals surface area contributed by atoms with Crippen molar-refractivity contribution in [2.24, 2.45) is 5.73 Å². The molecule has 0 aliphatic heterocycles. The van der Waals surface area contributed by atoms with Gasteiger partial charge in [0.2, 0.25) is 5.43 Å². The average molecular weight is 240 g/mol. The summed E-state index contributed by atoms with van der Waals surface area (Å²) in [5, 5.41) is 0. The van der Waals surface area contributed by atoms with E-state index in [-0.39, 0.29) is 5.43 Å². The van der Waals surface area contributed by atoms with Crippen molar-refractivity contribution >= 4 is 0 Å². The molecule has 17 heavy (non-hydrogen) atoms. The minimum atomic E-state index is -0.116. The Balaban J connectivity index is 2.47. The van der Waals surface area contributed by atoms with E-state index in [1.54, 1.807) is 6.20 Å². The number of aromatic nitrogens is 1. The van der Waals surface area contributed by atoms with E-state index < -0.39 is 0 Å². The van der Waals surface area contributed by atoms with Crippen LogP contribution in [-0.2, 0) is 11.3 Å². The smallest absolute Gasteiger partial charge is 0.223 e. The third-order valence-corrected chi connectivity index (χ3v) is 2.15. The van der Waals surface area contributed by atoms with Gasteiger partial charge in [-0.2, -0.15) is 0 Å². The van der Waals surface area contributed by atoms with E-state index in [9.17, 15) is 4.79 Å². The zero-order valence-corrected chi connectivity index (χ0v) is 10.2. The lowest BCUT2D eigenvalue weighted by Crippen LogP contribution is -2.11. The standard InChI is InChI=1S/C12H20N2O3/c1-2-5-17-12-8-14-10(7-11(12)15)9-16-6-3-4-13/h7-8H,2-6,9,13H2,1H3,(H,14,15). The molecule has 96 valence electrons. The van der Waals surface area contributed by atoms with Gasteiger partial charge in [-0.25, -0.2) is 0 Å². The monoisotopic (exact) mass is 240 g/mol. The number of nitrogens with two attached hydrogens (primary N) is 1. The van der Waals surface area contributed by atoms with Crippen molar-refractivity contribution in [1.82, 2.24) is 4.98 Å². The lowest BCUT2D eigenvalue weighted by molar-refractivity contribution is 0.117. The molecule has 1 heterocycles. The van der Waals surface area contributed by atoms with Gasteiger partial charge >= 0.3 is 0 Å². The zero-order chi connectivity index (χ0) is 12.5. The van der Waals surface area contributed by atoms with Crippen LogP contribution in [0, 0.1) is 0 Å². The van der Waals surface area contributed by atoms with Crippen LogP contribution in [0.25, 0.3) is 0 Å². The quantitative estimate of drug-likeness (QED) is 0.665. The van der Waals surface area contributed by atoms with Crippen LogP contribution < -0.4 is 15.9 Å². The number of rotatable bonds is 8. The van der Waals surface area contributed by atoms with E-state index >= 15 is 0 Å². The maximum absolute atomic E-state index is 11.6. The molecule has 0 amide bonds. The Hall–Kier alpha value is -1.33. The van der Waals surface area contributed by atoms with Gasteiger partial charge in [-0.15, -0.1) is 0 Å². The van der Waals surface area contributed by atoms with E-state index in [0.29, 0.717) is 32.1 Å². The van der Waals surface area contributed by atoms with Gasteiger partial charge in [0.25, 0.3) is 0 Å². The molecular formula is C12H20N2O3. The van der Waals surface area contributed by atoms with Crippen LogP contribution in [0.4, 0.5) is 0 Å². The van der Waals surface area contributed by atoms with Crippen LogP contribution >= 0.6 is 0 Å². The topological polar surface area (TPSA) is 77.3 Å². The van der Waals surface area contributed by atoms with Crippen LogP contribution in [0.1, 0.15) is 25.5 Å². The van der Waals surface area contributed by atoms with Crippen LogP contribution in [0.3, 0.4) is 0 Å². The fraction of sp³-hybridized carbons (Fsp3) is 0.583. The lowest BCUT2D eigenvalue weighted by Gasteiger charge is -2.06. The van der Waals surface area contributed by atoms with Gasteiger partial charge in [0, 0.05) is 24.6 Å². The molecule has 0 spiro atoms. The fourth-order valence-electron chi connectivity index (χ4n) is 1.28. The molecule has 0 fully saturated rings. The molecule has 5 nitrogen and oxygen atoms in total. The van der Waals surface area contributed by atoms with Crippen molar-refractivity contribution in [2.45, 2.75) is 26.4 Å². The predicted octanol–water partition coefficient (Wildman–Crippen LogP) is 1.03. The molecule has 0 bridgehead atoms. The molecule has 1 aromatic heterocycles. The van der Waals surface area contributed by atoms with Crippen LogP contribution in [0.5, 0.6) is 5.75 Å². The first-order valence-electron chi connectivity index (χ1n) is 5.90. The highest BCUT2D eigenvalue weighted by atomic mass is 16.5. The van der Waals surface area contributed by atoms with Crippen molar-refractivity contribution in [3.63, 3.8) is 0 Å². The summed E-state index contributed by atoms with van der Waals surface area (Å²) in [7, 11) is 0. The van der Waals surface area contributed by atoms with E-state index in [4.69, 9.17) is 15.2 Å². The molecule has 0 radical (unpaired) electrons. The molecule has 5 heteroatoms. The Morgan fingerprint density at radius 1 is 1.41 bits per heavy atom. The number of pyridine rings is 1. The van der Waals surface area contributed by atoms with Crippen molar-refractivity contribution in [2.75, 3.05) is 19.8 Å². The molecule has 0 atom stereocenters. The maximum Gasteiger partial charge on any atom is 0.223 e. The zero-order valence-electron chi connectivity index (χ0n) is 10.2. The number of H-pyrrole nitrogens is 1. The van der Waals surface area contributed by atoms with E-state index in [2.05, 4.69) is 4.98 Å². The van der Waals surface area contributed by atoms with Crippen molar-refractivity contribution < 1.29 is 9.47 Å². The number of nitrogens with one attached hydrogen (secondary N) is 1. The molecule has 0 aliphatic carbocycles. The second-order valence-electron chi connectivity index (χ2n) is 3.73. The molecule has 0 unspecified atom stereocenters. The lowest BCUT2D eigenvalue weighted by atomic mass is 10.3. The van der Waals surface area contributed by atoms with Gasteiger partial charge in [-0.05, 0) is 19.4 Å². The third-order valence-electron chi connectivity index (χ3n) is 2.15. The number of hydrogen-bond donors (Lipinski definition) is 2. The Labute approximate surface area is 101 Å². The predicted molar refractivity (Wildman–Crippen MR) is 66.2 cm³/mol. The summed E-state index contributed by atoms with van der Waals surface area (Å²) < 4.78 is 10.6. The first-order chi connectivity index (χ1) is 8.27. The summed E-state index contributed by atoms with van der Waals surface area (Å²) in [6, 6.07) is 1.51. The Kier molecular flexibility index (Phi) is 6.35. The second kappa shape index (κ2) is 7.86. The summed E-state index contributed by atoms with van der Waals surface area (Å²) in [5.41, 5.74) is 5.97. The molecule has 3 N–H and O–H groups in total. The van der Waals surface area contributed by atoms with Crippen LogP contribution in [0.2, 0.25) is 0 Å². The van der Waals surface area contributed by atoms with Gasteiger partial charge in [0.15, 0.2) is 5.75 Å². The first kappa shape index (κ1) is 13.7. The molecular weight excluding hydrogens is 220 g/mol. The highest BCUT2D eigenvalue weighted by Crippen LogP contribution is 2.03. The summed E-state index contributed by atoms with van der Waals surface area (Å²) in [4.78, 5) is 14.6. The Morgan fingerprint density at radius 2 is 2.24 bits per heavy atom. The molecule has 0 saturated carbocycles. The molecule has 0 aliphatic rings. The highest BCUT2D eigenvalue weighted by Gasteiger charge is 2.02. The van der Waals surface area contributed by atoms with Crippen molar-refractivity contribution in [3.8, 4) is 5.75 Å². The Bertz CT molecular complexity index is 376. The highest BCUT2D eigenvalue weighted by molar-refractivity contribution is 5.19. The molecule has 0 saturated heterocycles. The van der Waals surface area contributed by atoms with Crippen LogP contribution in [-0.4, -0.2) is 24.7 Å². The van der Waals surface area contributed by atoms with E-state index in [1.807, 2.05) is 6.92 Å². The van der Waals surface area contributed by atoms with Crippen LogP contribution in [0.15, 0.2) is 17.1 Å². The molecule has 0 aromatic carbocycles. The molecule has 1 aromatic rings. The largest absolute Gasteiger partial charge is 0.488 e. The van der Waals surface area contributed by atoms with E-state index in [1.165, 1.54) is 6.07 Å². The Morgan fingerprint density at radius 3 is 2.88 bits per heavy atom. The van der Waals surface area contributed by atoms with Gasteiger partial charge in [0.1, 0.15) is 0 Å². The number of aromatic amines is 1. The normalized spacial score (nSPS) is 10.5. The van der Waals surface area contributed by atoms with Gasteiger partial charge < -0.3 is 20.2 Å². The summed E-state index contributed by atoms with van der Waals surface area (Å²) in [6.45, 7) is 4.15. The molecule has 1 rings (SSSR count). The van der Waals surface area contributed by atoms with E-state index in [0.717, 1.165) is 18.5 Å². The second-order valence-corrected chi connectivity index (χ2v) is 3.73. The van der Waals surface area contributed by atoms with Gasteiger partial charge in [-0.1, -0.05) is 6.92 Å². The summed E-state index contributed by atoms with van der Waals surface area (Å²) in [6.07, 6.45) is 3.28. The maximum atomic E-state index is 11.6. The summed E-state index contributed by atoms with van der Waals surface area (Å²) in [5.74, 6) is 0.359. The minimum absolute atomic E-state index is 0.116.